The molecule has 0 radical (unpaired) electrons. The van der Waals surface area contributed by atoms with Gasteiger partial charge in [0.15, 0.2) is 0 Å². The number of carboxylic acid groups (broad SMARTS) is 1. The number of aromatic nitrogens is 1. The Morgan fingerprint density at radius 2 is 2.27 bits per heavy atom. The highest BCUT2D eigenvalue weighted by molar-refractivity contribution is 7.20. The second kappa shape index (κ2) is 3.22. The van der Waals surface area contributed by atoms with Crippen molar-refractivity contribution in [3.63, 3.8) is 0 Å². The maximum atomic E-state index is 11.2. The van der Waals surface area contributed by atoms with E-state index in [9.17, 15) is 9.59 Å². The minimum absolute atomic E-state index is 0.0164. The fourth-order valence-electron chi connectivity index (χ4n) is 1.19. The first-order valence-corrected chi connectivity index (χ1v) is 4.73. The van der Waals surface area contributed by atoms with Crippen molar-refractivity contribution >= 4 is 27.5 Å². The molecule has 2 rings (SSSR count). The van der Waals surface area contributed by atoms with Gasteiger partial charge in [0.05, 0.1) is 0 Å². The van der Waals surface area contributed by atoms with Crippen LogP contribution in [0.15, 0.2) is 16.9 Å². The van der Waals surface area contributed by atoms with E-state index < -0.39 is 11.5 Å². The SMILES string of the molecule is N#Cc1cc2cc(C(=O)O)sc2[nH]c1=O. The van der Waals surface area contributed by atoms with E-state index >= 15 is 0 Å². The van der Waals surface area contributed by atoms with Gasteiger partial charge < -0.3 is 10.1 Å². The normalized spacial score (nSPS) is 10.1. The number of carboxylic acids is 1. The summed E-state index contributed by atoms with van der Waals surface area (Å²) in [6.45, 7) is 0. The summed E-state index contributed by atoms with van der Waals surface area (Å²) < 4.78 is 0. The summed E-state index contributed by atoms with van der Waals surface area (Å²) in [6.07, 6.45) is 0. The Labute approximate surface area is 87.2 Å². The molecule has 0 aliphatic carbocycles. The standard InChI is InChI=1S/C9H4N2O3S/c10-3-5-1-4-2-6(9(13)14)15-8(4)11-7(5)12/h1-2H,(H,11,12)(H,13,14). The van der Waals surface area contributed by atoms with Crippen LogP contribution in [0.4, 0.5) is 0 Å². The Hall–Kier alpha value is -2.13. The molecule has 0 aromatic carbocycles. The summed E-state index contributed by atoms with van der Waals surface area (Å²) in [5.74, 6) is -1.05. The van der Waals surface area contributed by atoms with Crippen molar-refractivity contribution in [3.8, 4) is 6.07 Å². The smallest absolute Gasteiger partial charge is 0.345 e. The molecule has 0 amide bonds. The third kappa shape index (κ3) is 1.49. The average molecular weight is 220 g/mol. The lowest BCUT2D eigenvalue weighted by molar-refractivity contribution is 0.0702. The molecule has 0 saturated carbocycles. The largest absolute Gasteiger partial charge is 0.477 e. The summed E-state index contributed by atoms with van der Waals surface area (Å²) in [7, 11) is 0. The fourth-order valence-corrected chi connectivity index (χ4v) is 2.06. The Morgan fingerprint density at radius 1 is 1.53 bits per heavy atom. The molecular formula is C9H4N2O3S. The number of nitriles is 1. The van der Waals surface area contributed by atoms with Gasteiger partial charge >= 0.3 is 5.97 Å². The van der Waals surface area contributed by atoms with Crippen molar-refractivity contribution in [1.29, 1.82) is 5.26 Å². The number of aromatic amines is 1. The number of nitrogens with one attached hydrogen (secondary N) is 1. The lowest BCUT2D eigenvalue weighted by Crippen LogP contribution is -2.08. The topological polar surface area (TPSA) is 93.9 Å². The van der Waals surface area contributed by atoms with E-state index in [1.165, 1.54) is 12.1 Å². The van der Waals surface area contributed by atoms with E-state index in [1.54, 1.807) is 6.07 Å². The van der Waals surface area contributed by atoms with Crippen LogP contribution in [0, 0.1) is 11.3 Å². The first-order valence-electron chi connectivity index (χ1n) is 3.92. The molecule has 0 saturated heterocycles. The van der Waals surface area contributed by atoms with Gasteiger partial charge in [-0.1, -0.05) is 0 Å². The van der Waals surface area contributed by atoms with Crippen LogP contribution in [0.5, 0.6) is 0 Å². The first-order chi connectivity index (χ1) is 7.11. The first kappa shape index (κ1) is 9.43. The summed E-state index contributed by atoms with van der Waals surface area (Å²) in [5, 5.41) is 17.9. The van der Waals surface area contributed by atoms with Crippen molar-refractivity contribution < 1.29 is 9.90 Å². The fraction of sp³-hybridized carbons (Fsp3) is 0. The number of aromatic carboxylic acids is 1. The van der Waals surface area contributed by atoms with Gasteiger partial charge in [0, 0.05) is 5.39 Å². The maximum absolute atomic E-state index is 11.2. The summed E-state index contributed by atoms with van der Waals surface area (Å²) in [5.41, 5.74) is -0.513. The molecule has 6 heteroatoms. The molecule has 0 spiro atoms. The zero-order chi connectivity index (χ0) is 11.0. The van der Waals surface area contributed by atoms with Crippen LogP contribution in [0.1, 0.15) is 15.2 Å². The zero-order valence-electron chi connectivity index (χ0n) is 7.27. The van der Waals surface area contributed by atoms with E-state index in [4.69, 9.17) is 10.4 Å². The highest BCUT2D eigenvalue weighted by Gasteiger charge is 2.10. The molecule has 0 fully saturated rings. The van der Waals surface area contributed by atoms with Crippen molar-refractivity contribution in [2.45, 2.75) is 0 Å². The van der Waals surface area contributed by atoms with Crippen LogP contribution in [-0.2, 0) is 0 Å². The highest BCUT2D eigenvalue weighted by Crippen LogP contribution is 2.22. The molecule has 0 bridgehead atoms. The van der Waals surface area contributed by atoms with Gasteiger partial charge in [0.25, 0.3) is 5.56 Å². The summed E-state index contributed by atoms with van der Waals surface area (Å²) >= 11 is 0.974. The van der Waals surface area contributed by atoms with Gasteiger partial charge in [0.2, 0.25) is 0 Å². The van der Waals surface area contributed by atoms with Crippen LogP contribution >= 0.6 is 11.3 Å². The molecule has 2 N–H and O–H groups in total. The number of carbonyl (C=O) groups is 1. The average Bonchev–Trinajstić information content (AvgIpc) is 2.59. The second-order valence-electron chi connectivity index (χ2n) is 2.82. The van der Waals surface area contributed by atoms with E-state index in [0.717, 1.165) is 11.3 Å². The molecule has 2 aromatic heterocycles. The second-order valence-corrected chi connectivity index (χ2v) is 3.88. The predicted octanol–water partition coefficient (Wildman–Crippen LogP) is 1.16. The molecule has 0 aliphatic rings. The van der Waals surface area contributed by atoms with E-state index in [-0.39, 0.29) is 10.4 Å². The van der Waals surface area contributed by atoms with Crippen molar-refractivity contribution in [1.82, 2.24) is 4.98 Å². The molecule has 74 valence electrons. The third-order valence-electron chi connectivity index (χ3n) is 1.86. The van der Waals surface area contributed by atoms with Crippen molar-refractivity contribution in [2.75, 3.05) is 0 Å². The maximum Gasteiger partial charge on any atom is 0.345 e. The quantitative estimate of drug-likeness (QED) is 0.753. The molecule has 5 nitrogen and oxygen atoms in total. The van der Waals surface area contributed by atoms with Crippen LogP contribution in [0.2, 0.25) is 0 Å². The monoisotopic (exact) mass is 220 g/mol. The third-order valence-corrected chi connectivity index (χ3v) is 2.92. The van der Waals surface area contributed by atoms with Gasteiger partial charge in [-0.05, 0) is 12.1 Å². The summed E-state index contributed by atoms with van der Waals surface area (Å²) in [6, 6.07) is 4.56. The Morgan fingerprint density at radius 3 is 2.87 bits per heavy atom. The van der Waals surface area contributed by atoms with Gasteiger partial charge in [-0.15, -0.1) is 11.3 Å². The Balaban J connectivity index is 2.79. The van der Waals surface area contributed by atoms with Crippen LogP contribution in [0.25, 0.3) is 10.2 Å². The Kier molecular flexibility index (Phi) is 2.02. The van der Waals surface area contributed by atoms with Crippen LogP contribution < -0.4 is 5.56 Å². The van der Waals surface area contributed by atoms with E-state index in [2.05, 4.69) is 4.98 Å². The highest BCUT2D eigenvalue weighted by atomic mass is 32.1. The number of H-pyrrole nitrogens is 1. The number of hydrogen-bond acceptors (Lipinski definition) is 4. The van der Waals surface area contributed by atoms with E-state index in [0.29, 0.717) is 10.2 Å². The molecule has 0 aliphatic heterocycles. The minimum atomic E-state index is -1.05. The predicted molar refractivity (Wildman–Crippen MR) is 54.1 cm³/mol. The molecule has 2 aromatic rings. The lowest BCUT2D eigenvalue weighted by Gasteiger charge is -1.88. The number of rotatable bonds is 1. The van der Waals surface area contributed by atoms with Gasteiger partial charge in [-0.3, -0.25) is 4.79 Å². The number of pyridine rings is 1. The van der Waals surface area contributed by atoms with Gasteiger partial charge in [-0.25, -0.2) is 4.79 Å². The lowest BCUT2D eigenvalue weighted by atomic mass is 10.2. The number of thiophene rings is 1. The van der Waals surface area contributed by atoms with E-state index in [1.807, 2.05) is 0 Å². The van der Waals surface area contributed by atoms with Crippen molar-refractivity contribution in [2.24, 2.45) is 0 Å². The van der Waals surface area contributed by atoms with Crippen LogP contribution in [-0.4, -0.2) is 16.1 Å². The van der Waals surface area contributed by atoms with Gasteiger partial charge in [0.1, 0.15) is 21.3 Å². The molecule has 0 unspecified atom stereocenters. The Bertz CT molecular complexity index is 647. The molecule has 0 atom stereocenters. The number of nitrogens with zero attached hydrogens (tertiary/aromatic N) is 1. The zero-order valence-corrected chi connectivity index (χ0v) is 8.09. The van der Waals surface area contributed by atoms with Crippen molar-refractivity contribution in [3.05, 3.63) is 32.9 Å². The molecule has 2 heterocycles. The van der Waals surface area contributed by atoms with Crippen LogP contribution in [0.3, 0.4) is 0 Å². The molecule has 15 heavy (non-hydrogen) atoms. The number of hydrogen-bond donors (Lipinski definition) is 2. The summed E-state index contributed by atoms with van der Waals surface area (Å²) in [4.78, 5) is 25.0. The minimum Gasteiger partial charge on any atom is -0.477 e. The molecular weight excluding hydrogens is 216 g/mol. The number of fused-ring (bicyclic) bond motifs is 1. The van der Waals surface area contributed by atoms with Gasteiger partial charge in [-0.2, -0.15) is 5.26 Å².